The van der Waals surface area contributed by atoms with Crippen LogP contribution in [0.4, 0.5) is 14.6 Å². The van der Waals surface area contributed by atoms with Crippen molar-refractivity contribution in [1.82, 2.24) is 15.3 Å². The molecule has 3 aliphatic rings. The molecule has 3 aromatic carbocycles. The van der Waals surface area contributed by atoms with E-state index < -0.39 is 11.4 Å². The lowest BCUT2D eigenvalue weighted by Crippen LogP contribution is -2.51. The number of hydrogen-bond donors (Lipinski definition) is 3. The van der Waals surface area contributed by atoms with E-state index in [4.69, 9.17) is 9.72 Å². The number of nitrogens with zero attached hydrogens (tertiary/aromatic N) is 3. The number of halogens is 2. The van der Waals surface area contributed by atoms with Gasteiger partial charge in [-0.3, -0.25) is 0 Å². The van der Waals surface area contributed by atoms with Crippen molar-refractivity contribution in [2.75, 3.05) is 24.6 Å². The SMILES string of the molecule is CCc1c(F)ccc2cc(O)cc(-c3ccc4c(N5C[C@H]6CC[C@@H](C5)N6)nc(OCC5(O)CCC5)nc4c3F)c12. The molecule has 3 heterocycles. The van der Waals surface area contributed by atoms with Crippen LogP contribution >= 0.6 is 0 Å². The number of aromatic hydroxyl groups is 1. The summed E-state index contributed by atoms with van der Waals surface area (Å²) in [6, 6.07) is 10.2. The van der Waals surface area contributed by atoms with Gasteiger partial charge in [-0.25, -0.2) is 8.78 Å². The van der Waals surface area contributed by atoms with Gasteiger partial charge in [0.2, 0.25) is 0 Å². The Bertz CT molecular complexity index is 1630. The Balaban J connectivity index is 1.40. The van der Waals surface area contributed by atoms with Crippen LogP contribution in [0.1, 0.15) is 44.6 Å². The van der Waals surface area contributed by atoms with E-state index in [1.54, 1.807) is 24.3 Å². The van der Waals surface area contributed by atoms with Crippen molar-refractivity contribution in [1.29, 1.82) is 0 Å². The summed E-state index contributed by atoms with van der Waals surface area (Å²) < 4.78 is 37.3. The van der Waals surface area contributed by atoms with Crippen LogP contribution in [0.2, 0.25) is 0 Å². The molecule has 9 heteroatoms. The summed E-state index contributed by atoms with van der Waals surface area (Å²) in [5, 5.41) is 26.5. The molecule has 3 fully saturated rings. The Hall–Kier alpha value is -3.56. The molecule has 208 valence electrons. The Kier molecular flexibility index (Phi) is 6.05. The molecule has 4 aromatic rings. The summed E-state index contributed by atoms with van der Waals surface area (Å²) in [7, 11) is 0. The largest absolute Gasteiger partial charge is 0.508 e. The van der Waals surface area contributed by atoms with Crippen molar-refractivity contribution in [2.24, 2.45) is 0 Å². The Morgan fingerprint density at radius 3 is 2.52 bits per heavy atom. The van der Waals surface area contributed by atoms with Gasteiger partial charge in [-0.15, -0.1) is 0 Å². The second-order valence-electron chi connectivity index (χ2n) is 11.5. The topological polar surface area (TPSA) is 90.7 Å². The number of anilines is 1. The lowest BCUT2D eigenvalue weighted by atomic mass is 9.81. The van der Waals surface area contributed by atoms with E-state index in [2.05, 4.69) is 15.2 Å². The fourth-order valence-corrected chi connectivity index (χ4v) is 6.60. The zero-order valence-corrected chi connectivity index (χ0v) is 22.4. The molecule has 2 aliphatic heterocycles. The molecule has 3 N–H and O–H groups in total. The van der Waals surface area contributed by atoms with E-state index in [-0.39, 0.29) is 35.3 Å². The Morgan fingerprint density at radius 1 is 1.05 bits per heavy atom. The van der Waals surface area contributed by atoms with Crippen LogP contribution < -0.4 is 15.0 Å². The number of benzene rings is 3. The van der Waals surface area contributed by atoms with Crippen LogP contribution in [0.25, 0.3) is 32.8 Å². The van der Waals surface area contributed by atoms with E-state index in [0.29, 0.717) is 64.4 Å². The van der Waals surface area contributed by atoms with Gasteiger partial charge in [-0.1, -0.05) is 19.1 Å². The van der Waals surface area contributed by atoms with Gasteiger partial charge >= 0.3 is 6.01 Å². The van der Waals surface area contributed by atoms with Crippen LogP contribution in [-0.2, 0) is 6.42 Å². The first-order chi connectivity index (χ1) is 19.3. The quantitative estimate of drug-likeness (QED) is 0.305. The molecule has 2 bridgehead atoms. The van der Waals surface area contributed by atoms with Crippen molar-refractivity contribution in [3.05, 3.63) is 53.6 Å². The highest BCUT2D eigenvalue weighted by molar-refractivity contribution is 6.03. The second kappa shape index (κ2) is 9.52. The molecular formula is C31H32F2N4O3. The zero-order valence-electron chi connectivity index (χ0n) is 22.4. The van der Waals surface area contributed by atoms with Crippen molar-refractivity contribution in [3.8, 4) is 22.9 Å². The molecule has 2 atom stereocenters. The molecule has 0 unspecified atom stereocenters. The highest BCUT2D eigenvalue weighted by Gasteiger charge is 2.37. The molecule has 1 saturated carbocycles. The van der Waals surface area contributed by atoms with Crippen molar-refractivity contribution < 1.29 is 23.7 Å². The van der Waals surface area contributed by atoms with Crippen LogP contribution in [0, 0.1) is 11.6 Å². The summed E-state index contributed by atoms with van der Waals surface area (Å²) in [6.07, 6.45) is 4.81. The number of nitrogens with one attached hydrogen (secondary N) is 1. The molecule has 7 rings (SSSR count). The minimum atomic E-state index is -0.909. The number of aliphatic hydroxyl groups is 1. The summed E-state index contributed by atoms with van der Waals surface area (Å²) in [6.45, 7) is 3.38. The van der Waals surface area contributed by atoms with E-state index in [0.717, 1.165) is 32.4 Å². The number of hydrogen-bond acceptors (Lipinski definition) is 7. The van der Waals surface area contributed by atoms with Crippen molar-refractivity contribution >= 4 is 27.5 Å². The van der Waals surface area contributed by atoms with E-state index in [1.165, 1.54) is 12.1 Å². The number of aryl methyl sites for hydroxylation is 1. The second-order valence-corrected chi connectivity index (χ2v) is 11.5. The molecule has 0 amide bonds. The zero-order chi connectivity index (χ0) is 27.6. The highest BCUT2D eigenvalue weighted by atomic mass is 19.1. The number of piperazine rings is 1. The fraction of sp³-hybridized carbons (Fsp3) is 0.419. The number of aromatic nitrogens is 2. The smallest absolute Gasteiger partial charge is 0.319 e. The van der Waals surface area contributed by atoms with Crippen molar-refractivity contribution in [3.63, 3.8) is 0 Å². The van der Waals surface area contributed by atoms with Gasteiger partial charge < -0.3 is 25.2 Å². The maximum absolute atomic E-state index is 16.6. The number of rotatable bonds is 6. The van der Waals surface area contributed by atoms with E-state index in [9.17, 15) is 14.6 Å². The van der Waals surface area contributed by atoms with Gasteiger partial charge in [0.05, 0.1) is 5.60 Å². The molecule has 1 aliphatic carbocycles. The maximum Gasteiger partial charge on any atom is 0.319 e. The van der Waals surface area contributed by atoms with Gasteiger partial charge in [-0.05, 0) is 84.7 Å². The minimum Gasteiger partial charge on any atom is -0.508 e. The van der Waals surface area contributed by atoms with Crippen LogP contribution in [0.15, 0.2) is 36.4 Å². The molecule has 0 radical (unpaired) electrons. The average Bonchev–Trinajstić information content (AvgIpc) is 3.27. The fourth-order valence-electron chi connectivity index (χ4n) is 6.60. The van der Waals surface area contributed by atoms with Crippen molar-refractivity contribution in [2.45, 2.75) is 63.1 Å². The normalized spacial score (nSPS) is 21.6. The third-order valence-electron chi connectivity index (χ3n) is 8.83. The first-order valence-electron chi connectivity index (χ1n) is 14.1. The van der Waals surface area contributed by atoms with Gasteiger partial charge in [-0.2, -0.15) is 9.97 Å². The van der Waals surface area contributed by atoms with Gasteiger partial charge in [0.1, 0.15) is 29.5 Å². The molecule has 40 heavy (non-hydrogen) atoms. The van der Waals surface area contributed by atoms with Crippen LogP contribution in [-0.4, -0.2) is 57.6 Å². The molecule has 7 nitrogen and oxygen atoms in total. The van der Waals surface area contributed by atoms with Gasteiger partial charge in [0, 0.05) is 36.1 Å². The lowest BCUT2D eigenvalue weighted by Gasteiger charge is -2.36. The number of fused-ring (bicyclic) bond motifs is 4. The van der Waals surface area contributed by atoms with Gasteiger partial charge in [0.15, 0.2) is 5.82 Å². The van der Waals surface area contributed by atoms with E-state index in [1.807, 2.05) is 6.92 Å². The lowest BCUT2D eigenvalue weighted by molar-refractivity contribution is -0.0681. The Labute approximate surface area is 230 Å². The summed E-state index contributed by atoms with van der Waals surface area (Å²) in [5.74, 6) is -0.394. The number of phenols is 1. The minimum absolute atomic E-state index is 0.0193. The van der Waals surface area contributed by atoms with Crippen LogP contribution in [0.5, 0.6) is 11.8 Å². The van der Waals surface area contributed by atoms with Gasteiger partial charge in [0.25, 0.3) is 0 Å². The number of ether oxygens (including phenoxy) is 1. The third kappa shape index (κ3) is 4.23. The first-order valence-corrected chi connectivity index (χ1v) is 14.1. The third-order valence-corrected chi connectivity index (χ3v) is 8.83. The molecule has 1 aromatic heterocycles. The summed E-state index contributed by atoms with van der Waals surface area (Å²) in [4.78, 5) is 11.4. The number of phenolic OH excluding ortho intramolecular Hbond substituents is 1. The standard InChI is InChI=1S/C31H32F2N4O3/c1-2-21-25(32)9-4-17-12-20(38)13-24(26(17)21)22-7-8-23-28(27(22)33)35-30(40-16-31(39)10-3-11-31)36-29(23)37-14-18-5-6-19(15-37)34-18/h4,7-9,12-13,18-19,34,38-39H,2-3,5-6,10-11,14-16H2,1H3/t18-,19+. The predicted molar refractivity (Wildman–Crippen MR) is 150 cm³/mol. The summed E-state index contributed by atoms with van der Waals surface area (Å²) >= 11 is 0. The predicted octanol–water partition coefficient (Wildman–Crippen LogP) is 5.23. The van der Waals surface area contributed by atoms with Crippen LogP contribution in [0.3, 0.4) is 0 Å². The first kappa shape index (κ1) is 25.4. The molecule has 0 spiro atoms. The average molecular weight is 547 g/mol. The summed E-state index contributed by atoms with van der Waals surface area (Å²) in [5.41, 5.74) is 0.257. The maximum atomic E-state index is 16.6. The Morgan fingerprint density at radius 2 is 1.82 bits per heavy atom. The van der Waals surface area contributed by atoms with E-state index >= 15 is 4.39 Å². The monoisotopic (exact) mass is 546 g/mol. The molecule has 2 saturated heterocycles. The molecular weight excluding hydrogens is 514 g/mol. The highest BCUT2D eigenvalue weighted by Crippen LogP contribution is 2.41.